The van der Waals surface area contributed by atoms with Crippen LogP contribution in [-0.4, -0.2) is 14.7 Å². The monoisotopic (exact) mass is 351 g/mol. The van der Waals surface area contributed by atoms with Crippen LogP contribution in [0.3, 0.4) is 0 Å². The summed E-state index contributed by atoms with van der Waals surface area (Å²) in [5.74, 6) is -0.945. The highest BCUT2D eigenvalue weighted by Gasteiger charge is 2.28. The van der Waals surface area contributed by atoms with E-state index < -0.39 is 11.6 Å². The smallest absolute Gasteiger partial charge is 0.203 e. The minimum Gasteiger partial charge on any atom is -0.494 e. The number of rotatable bonds is 2. The van der Waals surface area contributed by atoms with Crippen LogP contribution in [0, 0.1) is 11.6 Å². The van der Waals surface area contributed by atoms with E-state index in [4.69, 9.17) is 5.73 Å². The van der Waals surface area contributed by atoms with Crippen molar-refractivity contribution in [1.82, 2.24) is 9.55 Å². The summed E-state index contributed by atoms with van der Waals surface area (Å²) in [6.07, 6.45) is 3.79. The topological polar surface area (TPSA) is 64.1 Å². The van der Waals surface area contributed by atoms with Crippen molar-refractivity contribution in [2.45, 2.75) is 18.9 Å². The molecule has 2 aromatic carbocycles. The summed E-state index contributed by atoms with van der Waals surface area (Å²) >= 11 is 0. The van der Waals surface area contributed by atoms with Crippen LogP contribution in [-0.2, 0) is 0 Å². The number of nitrogen functional groups attached to an aromatic ring is 1. The Morgan fingerprint density at radius 3 is 2.69 bits per heavy atom. The summed E-state index contributed by atoms with van der Waals surface area (Å²) < 4.78 is 29.8. The molecule has 1 aliphatic carbocycles. The second-order valence-electron chi connectivity index (χ2n) is 6.70. The highest BCUT2D eigenvalue weighted by molar-refractivity contribution is 6.12. The van der Waals surface area contributed by atoms with Gasteiger partial charge in [-0.15, -0.1) is 0 Å². The van der Waals surface area contributed by atoms with Crippen molar-refractivity contribution >= 4 is 27.5 Å². The number of hydrogen-bond donors (Lipinski definition) is 2. The molecule has 130 valence electrons. The van der Waals surface area contributed by atoms with Crippen LogP contribution >= 0.6 is 0 Å². The molecule has 6 heteroatoms. The third-order valence-corrected chi connectivity index (χ3v) is 4.97. The summed E-state index contributed by atoms with van der Waals surface area (Å²) in [7, 11) is 0. The van der Waals surface area contributed by atoms with Crippen LogP contribution in [0.4, 0.5) is 14.5 Å². The predicted octanol–water partition coefficient (Wildman–Crippen LogP) is 4.76. The van der Waals surface area contributed by atoms with Gasteiger partial charge in [0.1, 0.15) is 11.6 Å². The van der Waals surface area contributed by atoms with Crippen LogP contribution in [0.5, 0.6) is 5.88 Å². The number of nitrogens with two attached hydrogens (primary N) is 1. The lowest BCUT2D eigenvalue weighted by Gasteiger charge is -2.10. The van der Waals surface area contributed by atoms with Gasteiger partial charge in [0, 0.05) is 28.8 Å². The van der Waals surface area contributed by atoms with Gasteiger partial charge in [0.05, 0.1) is 22.1 Å². The fourth-order valence-corrected chi connectivity index (χ4v) is 3.53. The summed E-state index contributed by atoms with van der Waals surface area (Å²) in [6, 6.07) is 8.78. The van der Waals surface area contributed by atoms with Gasteiger partial charge >= 0.3 is 0 Å². The summed E-state index contributed by atoms with van der Waals surface area (Å²) in [6.45, 7) is 0. The Labute approximate surface area is 147 Å². The van der Waals surface area contributed by atoms with Crippen LogP contribution in [0.15, 0.2) is 42.6 Å². The SMILES string of the molecule is Nc1c2cccc(-c3cc(F)ccc3F)c2nc2cn(C3CC3)c(O)c12. The highest BCUT2D eigenvalue weighted by atomic mass is 19.1. The molecule has 0 amide bonds. The van der Waals surface area contributed by atoms with Gasteiger partial charge in [0.15, 0.2) is 0 Å². The summed E-state index contributed by atoms with van der Waals surface area (Å²) in [4.78, 5) is 4.63. The van der Waals surface area contributed by atoms with Crippen LogP contribution in [0.2, 0.25) is 0 Å². The molecule has 4 aromatic rings. The summed E-state index contributed by atoms with van der Waals surface area (Å²) in [5.41, 5.74) is 8.34. The molecule has 4 nitrogen and oxygen atoms in total. The van der Waals surface area contributed by atoms with Crippen LogP contribution < -0.4 is 5.73 Å². The van der Waals surface area contributed by atoms with Crippen molar-refractivity contribution in [3.63, 3.8) is 0 Å². The molecule has 2 aromatic heterocycles. The van der Waals surface area contributed by atoms with Gasteiger partial charge in [-0.25, -0.2) is 13.8 Å². The average molecular weight is 351 g/mol. The molecule has 0 bridgehead atoms. The van der Waals surface area contributed by atoms with E-state index >= 15 is 0 Å². The van der Waals surface area contributed by atoms with Crippen molar-refractivity contribution in [2.75, 3.05) is 5.73 Å². The number of halogens is 2. The molecule has 0 atom stereocenters. The number of aromatic hydroxyl groups is 1. The Balaban J connectivity index is 1.86. The zero-order valence-corrected chi connectivity index (χ0v) is 13.7. The quantitative estimate of drug-likeness (QED) is 0.547. The number of hydrogen-bond acceptors (Lipinski definition) is 3. The molecule has 0 spiro atoms. The van der Waals surface area contributed by atoms with Crippen molar-refractivity contribution in [3.8, 4) is 17.0 Å². The zero-order valence-electron chi connectivity index (χ0n) is 13.7. The van der Waals surface area contributed by atoms with Crippen molar-refractivity contribution < 1.29 is 13.9 Å². The highest BCUT2D eigenvalue weighted by Crippen LogP contribution is 2.44. The maximum atomic E-state index is 14.3. The van der Waals surface area contributed by atoms with Crippen molar-refractivity contribution in [1.29, 1.82) is 0 Å². The number of anilines is 1. The lowest BCUT2D eigenvalue weighted by atomic mass is 10.00. The van der Waals surface area contributed by atoms with Gasteiger partial charge in [0.2, 0.25) is 5.88 Å². The maximum Gasteiger partial charge on any atom is 0.203 e. The van der Waals surface area contributed by atoms with E-state index in [0.29, 0.717) is 33.1 Å². The first-order chi connectivity index (χ1) is 12.5. The molecule has 1 saturated carbocycles. The molecule has 3 N–H and O–H groups in total. The third-order valence-electron chi connectivity index (χ3n) is 4.97. The Morgan fingerprint density at radius 2 is 1.92 bits per heavy atom. The molecule has 0 unspecified atom stereocenters. The van der Waals surface area contributed by atoms with Gasteiger partial charge in [-0.05, 0) is 31.0 Å². The Bertz CT molecular complexity index is 1200. The molecular weight excluding hydrogens is 336 g/mol. The third kappa shape index (κ3) is 2.08. The van der Waals surface area contributed by atoms with E-state index in [2.05, 4.69) is 4.98 Å². The van der Waals surface area contributed by atoms with Crippen molar-refractivity contribution in [2.24, 2.45) is 0 Å². The fourth-order valence-electron chi connectivity index (χ4n) is 3.53. The second kappa shape index (κ2) is 5.17. The molecule has 5 rings (SSSR count). The lowest BCUT2D eigenvalue weighted by molar-refractivity contribution is 0.424. The van der Waals surface area contributed by atoms with Crippen LogP contribution in [0.25, 0.3) is 32.9 Å². The molecular formula is C20H15F2N3O. The lowest BCUT2D eigenvalue weighted by Crippen LogP contribution is -1.94. The standard InChI is InChI=1S/C20H15F2N3O/c21-10-4-7-15(22)14(8-10)12-2-1-3-13-18(23)17-16(24-19(12)13)9-25(20(17)26)11-5-6-11/h1-4,7-9,11,26H,5-6,23H2. The van der Waals surface area contributed by atoms with Gasteiger partial charge < -0.3 is 15.4 Å². The molecule has 0 saturated heterocycles. The predicted molar refractivity (Wildman–Crippen MR) is 96.9 cm³/mol. The molecule has 1 aliphatic rings. The zero-order chi connectivity index (χ0) is 18.0. The minimum atomic E-state index is -0.530. The normalized spacial score (nSPS) is 14.4. The van der Waals surface area contributed by atoms with Crippen LogP contribution in [0.1, 0.15) is 18.9 Å². The number of fused-ring (bicyclic) bond motifs is 2. The summed E-state index contributed by atoms with van der Waals surface area (Å²) in [5, 5.41) is 11.6. The molecule has 26 heavy (non-hydrogen) atoms. The molecule has 2 heterocycles. The van der Waals surface area contributed by atoms with Crippen molar-refractivity contribution in [3.05, 3.63) is 54.2 Å². The van der Waals surface area contributed by atoms with Gasteiger partial charge in [-0.3, -0.25) is 0 Å². The second-order valence-corrected chi connectivity index (χ2v) is 6.70. The number of aromatic nitrogens is 2. The van der Waals surface area contributed by atoms with Gasteiger partial charge in [-0.2, -0.15) is 0 Å². The Morgan fingerprint density at radius 1 is 1.12 bits per heavy atom. The number of para-hydroxylation sites is 1. The Kier molecular flexibility index (Phi) is 3.01. The average Bonchev–Trinajstić information content (AvgIpc) is 3.41. The number of nitrogens with zero attached hydrogens (tertiary/aromatic N) is 2. The Hall–Kier alpha value is -3.15. The number of pyridine rings is 1. The molecule has 0 aliphatic heterocycles. The van der Waals surface area contributed by atoms with E-state index in [1.807, 2.05) is 0 Å². The molecule has 0 radical (unpaired) electrons. The first-order valence-corrected chi connectivity index (χ1v) is 8.41. The first-order valence-electron chi connectivity index (χ1n) is 8.41. The van der Waals surface area contributed by atoms with E-state index in [1.165, 1.54) is 0 Å². The van der Waals surface area contributed by atoms with Gasteiger partial charge in [-0.1, -0.05) is 18.2 Å². The molecule has 1 fully saturated rings. The van der Waals surface area contributed by atoms with E-state index in [9.17, 15) is 13.9 Å². The largest absolute Gasteiger partial charge is 0.494 e. The fraction of sp³-hybridized carbons (Fsp3) is 0.150. The van der Waals surface area contributed by atoms with E-state index in [0.717, 1.165) is 31.0 Å². The number of benzene rings is 2. The minimum absolute atomic E-state index is 0.108. The first kappa shape index (κ1) is 15.1. The maximum absolute atomic E-state index is 14.3. The van der Waals surface area contributed by atoms with E-state index in [-0.39, 0.29) is 17.5 Å². The van der Waals surface area contributed by atoms with E-state index in [1.54, 1.807) is 29.0 Å². The van der Waals surface area contributed by atoms with Gasteiger partial charge in [0.25, 0.3) is 0 Å².